The molecule has 0 atom stereocenters. The Kier molecular flexibility index (Phi) is 3.05. The molecule has 1 aromatic heterocycles. The zero-order valence-electron chi connectivity index (χ0n) is 13.5. The van der Waals surface area contributed by atoms with Crippen molar-refractivity contribution >= 4 is 5.82 Å². The van der Waals surface area contributed by atoms with E-state index in [1.165, 1.54) is 5.56 Å². The second-order valence-electron chi connectivity index (χ2n) is 6.80. The van der Waals surface area contributed by atoms with Gasteiger partial charge in [-0.3, -0.25) is 0 Å². The van der Waals surface area contributed by atoms with Crippen molar-refractivity contribution in [3.63, 3.8) is 0 Å². The highest BCUT2D eigenvalue weighted by molar-refractivity contribution is 5.53. The van der Waals surface area contributed by atoms with E-state index in [0.717, 1.165) is 48.9 Å². The Labute approximate surface area is 136 Å². The van der Waals surface area contributed by atoms with E-state index >= 15 is 0 Å². The van der Waals surface area contributed by atoms with Crippen molar-refractivity contribution in [1.29, 1.82) is 5.26 Å². The van der Waals surface area contributed by atoms with Gasteiger partial charge in [0.15, 0.2) is 0 Å². The molecule has 0 saturated carbocycles. The summed E-state index contributed by atoms with van der Waals surface area (Å²) in [4.78, 5) is 6.90. The average Bonchev–Trinajstić information content (AvgIpc) is 2.51. The number of para-hydroxylation sites is 1. The second kappa shape index (κ2) is 4.99. The van der Waals surface area contributed by atoms with Crippen LogP contribution < -0.4 is 9.64 Å². The predicted molar refractivity (Wildman–Crippen MR) is 88.7 cm³/mol. The molecule has 3 heterocycles. The Balaban J connectivity index is 1.54. The van der Waals surface area contributed by atoms with Crippen molar-refractivity contribution in [1.82, 2.24) is 4.98 Å². The quantitative estimate of drug-likeness (QED) is 0.812. The van der Waals surface area contributed by atoms with E-state index in [2.05, 4.69) is 28.1 Å². The fraction of sp³-hybridized carbons (Fsp3) is 0.368. The van der Waals surface area contributed by atoms with E-state index in [1.54, 1.807) is 0 Å². The van der Waals surface area contributed by atoms with Gasteiger partial charge in [-0.1, -0.05) is 18.2 Å². The van der Waals surface area contributed by atoms with Gasteiger partial charge in [0.25, 0.3) is 0 Å². The SMILES string of the molecule is Cc1cc(N2CC3(COc4ccccc4C3)C2)nc(C)c1C#N. The summed E-state index contributed by atoms with van der Waals surface area (Å²) in [6, 6.07) is 12.6. The number of aryl methyl sites for hydroxylation is 2. The van der Waals surface area contributed by atoms with Gasteiger partial charge in [-0.25, -0.2) is 4.98 Å². The first-order valence-corrected chi connectivity index (χ1v) is 7.94. The number of anilines is 1. The number of hydrogen-bond acceptors (Lipinski definition) is 4. The zero-order valence-corrected chi connectivity index (χ0v) is 13.5. The third kappa shape index (κ3) is 2.24. The summed E-state index contributed by atoms with van der Waals surface area (Å²) in [6.07, 6.45) is 1.06. The molecular weight excluding hydrogens is 286 g/mol. The number of nitrogens with zero attached hydrogens (tertiary/aromatic N) is 3. The van der Waals surface area contributed by atoms with Gasteiger partial charge >= 0.3 is 0 Å². The number of nitriles is 1. The molecule has 1 saturated heterocycles. The predicted octanol–water partition coefficient (Wildman–Crippen LogP) is 3.01. The number of fused-ring (bicyclic) bond motifs is 1. The normalized spacial score (nSPS) is 17.9. The average molecular weight is 305 g/mol. The molecule has 4 rings (SSSR count). The molecule has 0 unspecified atom stereocenters. The molecule has 2 aromatic rings. The minimum atomic E-state index is 0.200. The molecule has 4 heteroatoms. The van der Waals surface area contributed by atoms with E-state index in [9.17, 15) is 5.26 Å². The summed E-state index contributed by atoms with van der Waals surface area (Å²) in [5.41, 5.74) is 4.01. The third-order valence-electron chi connectivity index (χ3n) is 4.94. The van der Waals surface area contributed by atoms with Gasteiger partial charge in [0.1, 0.15) is 17.6 Å². The van der Waals surface area contributed by atoms with E-state index < -0.39 is 0 Å². The number of hydrogen-bond donors (Lipinski definition) is 0. The first-order valence-electron chi connectivity index (χ1n) is 7.94. The van der Waals surface area contributed by atoms with Crippen molar-refractivity contribution in [3.8, 4) is 11.8 Å². The lowest BCUT2D eigenvalue weighted by molar-refractivity contribution is 0.0874. The Morgan fingerprint density at radius 3 is 2.78 bits per heavy atom. The molecule has 0 aliphatic carbocycles. The molecule has 116 valence electrons. The van der Waals surface area contributed by atoms with Gasteiger partial charge in [-0.05, 0) is 43.5 Å². The maximum atomic E-state index is 9.17. The summed E-state index contributed by atoms with van der Waals surface area (Å²) in [6.45, 7) is 6.57. The van der Waals surface area contributed by atoms with Gasteiger partial charge < -0.3 is 9.64 Å². The molecule has 2 aliphatic rings. The number of ether oxygens (including phenoxy) is 1. The van der Waals surface area contributed by atoms with Crippen LogP contribution in [0.3, 0.4) is 0 Å². The second-order valence-corrected chi connectivity index (χ2v) is 6.80. The van der Waals surface area contributed by atoms with Crippen LogP contribution in [0.4, 0.5) is 5.82 Å². The molecular formula is C19H19N3O. The molecule has 1 spiro atoms. The van der Waals surface area contributed by atoms with Gasteiger partial charge in [0, 0.05) is 18.5 Å². The number of pyridine rings is 1. The van der Waals surface area contributed by atoms with E-state index in [0.29, 0.717) is 5.56 Å². The summed E-state index contributed by atoms with van der Waals surface area (Å²) < 4.78 is 5.96. The van der Waals surface area contributed by atoms with E-state index in [4.69, 9.17) is 4.74 Å². The Bertz CT molecular complexity index is 793. The van der Waals surface area contributed by atoms with E-state index in [-0.39, 0.29) is 5.41 Å². The van der Waals surface area contributed by atoms with Crippen LogP contribution >= 0.6 is 0 Å². The van der Waals surface area contributed by atoms with Gasteiger partial charge in [0.2, 0.25) is 0 Å². The van der Waals surface area contributed by atoms with Crippen molar-refractivity contribution < 1.29 is 4.74 Å². The highest BCUT2D eigenvalue weighted by atomic mass is 16.5. The lowest BCUT2D eigenvalue weighted by Gasteiger charge is -2.52. The summed E-state index contributed by atoms with van der Waals surface area (Å²) in [7, 11) is 0. The lowest BCUT2D eigenvalue weighted by Crippen LogP contribution is -2.61. The summed E-state index contributed by atoms with van der Waals surface area (Å²) in [5, 5.41) is 9.17. The monoisotopic (exact) mass is 305 g/mol. The first-order chi connectivity index (χ1) is 11.1. The van der Waals surface area contributed by atoms with Crippen molar-refractivity contribution in [2.45, 2.75) is 20.3 Å². The fourth-order valence-electron chi connectivity index (χ4n) is 3.75. The largest absolute Gasteiger partial charge is 0.493 e. The maximum absolute atomic E-state index is 9.17. The standard InChI is InChI=1S/C19H19N3O/c1-13-7-18(21-14(2)16(13)9-20)22-10-19(11-22)8-15-5-3-4-6-17(15)23-12-19/h3-7H,8,10-12H2,1-2H3. The molecule has 4 nitrogen and oxygen atoms in total. The van der Waals surface area contributed by atoms with Crippen LogP contribution in [0.2, 0.25) is 0 Å². The topological polar surface area (TPSA) is 49.1 Å². The van der Waals surface area contributed by atoms with Gasteiger partial charge in [0.05, 0.1) is 17.9 Å². The Morgan fingerprint density at radius 2 is 2.04 bits per heavy atom. The molecule has 0 amide bonds. The molecule has 0 N–H and O–H groups in total. The van der Waals surface area contributed by atoms with Crippen LogP contribution in [0.15, 0.2) is 30.3 Å². The van der Waals surface area contributed by atoms with Crippen molar-refractivity contribution in [3.05, 3.63) is 52.7 Å². The molecule has 1 fully saturated rings. The summed E-state index contributed by atoms with van der Waals surface area (Å²) in [5.74, 6) is 2.00. The molecule has 1 aromatic carbocycles. The minimum Gasteiger partial charge on any atom is -0.493 e. The number of aromatic nitrogens is 1. The number of rotatable bonds is 1. The Morgan fingerprint density at radius 1 is 1.26 bits per heavy atom. The molecule has 23 heavy (non-hydrogen) atoms. The highest BCUT2D eigenvalue weighted by Gasteiger charge is 2.46. The molecule has 0 radical (unpaired) electrons. The summed E-state index contributed by atoms with van der Waals surface area (Å²) >= 11 is 0. The van der Waals surface area contributed by atoms with Crippen LogP contribution in [-0.2, 0) is 6.42 Å². The fourth-order valence-corrected chi connectivity index (χ4v) is 3.75. The van der Waals surface area contributed by atoms with Gasteiger partial charge in [-0.2, -0.15) is 5.26 Å². The molecule has 0 bridgehead atoms. The van der Waals surface area contributed by atoms with Crippen LogP contribution in [0.25, 0.3) is 0 Å². The zero-order chi connectivity index (χ0) is 16.0. The van der Waals surface area contributed by atoms with Crippen LogP contribution in [-0.4, -0.2) is 24.7 Å². The highest BCUT2D eigenvalue weighted by Crippen LogP contribution is 2.42. The van der Waals surface area contributed by atoms with Gasteiger partial charge in [-0.15, -0.1) is 0 Å². The first kappa shape index (κ1) is 14.1. The minimum absolute atomic E-state index is 0.200. The Hall–Kier alpha value is -2.54. The molecule has 2 aliphatic heterocycles. The third-order valence-corrected chi connectivity index (χ3v) is 4.94. The number of benzene rings is 1. The van der Waals surface area contributed by atoms with E-state index in [1.807, 2.05) is 32.0 Å². The smallest absolute Gasteiger partial charge is 0.129 e. The lowest BCUT2D eigenvalue weighted by atomic mass is 9.74. The maximum Gasteiger partial charge on any atom is 0.129 e. The van der Waals surface area contributed by atoms with Crippen LogP contribution in [0.5, 0.6) is 5.75 Å². The van der Waals surface area contributed by atoms with Crippen molar-refractivity contribution in [2.24, 2.45) is 5.41 Å². The van der Waals surface area contributed by atoms with Crippen molar-refractivity contribution in [2.75, 3.05) is 24.6 Å². The van der Waals surface area contributed by atoms with Crippen LogP contribution in [0, 0.1) is 30.6 Å². The van der Waals surface area contributed by atoms with Crippen LogP contribution in [0.1, 0.15) is 22.4 Å².